The molecule has 0 spiro atoms. The highest BCUT2D eigenvalue weighted by Gasteiger charge is 2.18. The van der Waals surface area contributed by atoms with Crippen LogP contribution in [-0.4, -0.2) is 39.3 Å². The number of carboxylic acid groups (broad SMARTS) is 1. The van der Waals surface area contributed by atoms with Gasteiger partial charge in [0.2, 0.25) is 5.82 Å². The summed E-state index contributed by atoms with van der Waals surface area (Å²) in [5.74, 6) is -0.825. The quantitative estimate of drug-likeness (QED) is 0.357. The number of aromatic nitrogens is 2. The Balaban J connectivity index is 0.00000456. The zero-order chi connectivity index (χ0) is 25.5. The van der Waals surface area contributed by atoms with Crippen LogP contribution in [0.25, 0.3) is 22.8 Å². The first-order chi connectivity index (χ1) is 16.7. The van der Waals surface area contributed by atoms with Crippen LogP contribution in [-0.2, 0) is 20.9 Å². The summed E-state index contributed by atoms with van der Waals surface area (Å²) in [6.45, 7) is 3.66. The monoisotopic (exact) mass is 534 g/mol. The number of nitrogens with zero attached hydrogens (tertiary/aromatic N) is 3. The van der Waals surface area contributed by atoms with Crippen LogP contribution < -0.4 is 10.5 Å². The third-order valence-electron chi connectivity index (χ3n) is 4.76. The molecular weight excluding hydrogens is 511 g/mol. The molecule has 0 saturated heterocycles. The first-order valence-corrected chi connectivity index (χ1v) is 11.0. The Bertz CT molecular complexity index is 1270. The van der Waals surface area contributed by atoms with Crippen molar-refractivity contribution in [2.45, 2.75) is 45.4 Å². The Kier molecular flexibility index (Phi) is 10.2. The van der Waals surface area contributed by atoms with Crippen molar-refractivity contribution in [3.63, 3.8) is 0 Å². The highest BCUT2D eigenvalue weighted by Crippen LogP contribution is 2.31. The van der Waals surface area contributed by atoms with Gasteiger partial charge < -0.3 is 24.8 Å². The van der Waals surface area contributed by atoms with Crippen molar-refractivity contribution in [2.24, 2.45) is 5.73 Å². The van der Waals surface area contributed by atoms with E-state index >= 15 is 0 Å². The fraction of sp³-hybridized carbons (Fsp3) is 0.292. The van der Waals surface area contributed by atoms with Crippen molar-refractivity contribution in [1.29, 1.82) is 5.26 Å². The topological polar surface area (TPSA) is 162 Å². The fourth-order valence-corrected chi connectivity index (χ4v) is 3.33. The molecule has 0 bridgehead atoms. The molecule has 190 valence electrons. The van der Waals surface area contributed by atoms with Crippen LogP contribution >= 0.6 is 24.0 Å². The maximum Gasteiger partial charge on any atom is 0.323 e. The van der Waals surface area contributed by atoms with Gasteiger partial charge in [0, 0.05) is 17.5 Å². The van der Waals surface area contributed by atoms with Gasteiger partial charge in [-0.25, -0.2) is 0 Å². The second kappa shape index (κ2) is 12.9. The molecule has 0 aliphatic heterocycles. The number of aliphatic carboxylic acids is 1. The largest absolute Gasteiger partial charge is 0.490 e. The van der Waals surface area contributed by atoms with Gasteiger partial charge in [0.15, 0.2) is 0 Å². The number of ether oxygens (including phenoxy) is 2. The number of nitriles is 1. The SMILES string of the molecule is CC(C)Oc1ccc(-c2nc(-c3ccc(COC(=O)C(N)CCC(=O)O)cc3Cl)no2)cc1C#N.Cl. The van der Waals surface area contributed by atoms with Gasteiger partial charge >= 0.3 is 11.9 Å². The Morgan fingerprint density at radius 2 is 2.00 bits per heavy atom. The van der Waals surface area contributed by atoms with Gasteiger partial charge in [0.25, 0.3) is 5.89 Å². The van der Waals surface area contributed by atoms with E-state index in [0.29, 0.717) is 33.0 Å². The minimum absolute atomic E-state index is 0. The molecule has 0 aliphatic carbocycles. The van der Waals surface area contributed by atoms with Gasteiger partial charge in [0.05, 0.1) is 16.7 Å². The van der Waals surface area contributed by atoms with Crippen molar-refractivity contribution in [2.75, 3.05) is 0 Å². The summed E-state index contributed by atoms with van der Waals surface area (Å²) in [6, 6.07) is 11.0. The van der Waals surface area contributed by atoms with E-state index in [9.17, 15) is 14.9 Å². The van der Waals surface area contributed by atoms with E-state index < -0.39 is 18.0 Å². The molecule has 12 heteroatoms. The summed E-state index contributed by atoms with van der Waals surface area (Å²) >= 11 is 6.39. The first-order valence-electron chi connectivity index (χ1n) is 10.7. The summed E-state index contributed by atoms with van der Waals surface area (Å²) in [7, 11) is 0. The summed E-state index contributed by atoms with van der Waals surface area (Å²) in [6.07, 6.45) is -0.320. The predicted octanol–water partition coefficient (Wildman–Crippen LogP) is 4.37. The minimum atomic E-state index is -1.04. The minimum Gasteiger partial charge on any atom is -0.490 e. The molecule has 1 aromatic heterocycles. The summed E-state index contributed by atoms with van der Waals surface area (Å²) in [5, 5.41) is 22.4. The van der Waals surface area contributed by atoms with Crippen molar-refractivity contribution in [3.8, 4) is 34.7 Å². The van der Waals surface area contributed by atoms with Crippen LogP contribution in [0, 0.1) is 11.3 Å². The molecule has 10 nitrogen and oxygen atoms in total. The number of halogens is 2. The third-order valence-corrected chi connectivity index (χ3v) is 5.08. The molecule has 1 atom stereocenters. The van der Waals surface area contributed by atoms with E-state index in [2.05, 4.69) is 16.2 Å². The van der Waals surface area contributed by atoms with E-state index in [1.807, 2.05) is 13.8 Å². The average molecular weight is 535 g/mol. The molecule has 0 saturated carbocycles. The summed E-state index contributed by atoms with van der Waals surface area (Å²) < 4.78 is 16.1. The van der Waals surface area contributed by atoms with E-state index in [-0.39, 0.29) is 49.7 Å². The van der Waals surface area contributed by atoms with Gasteiger partial charge in [-0.2, -0.15) is 10.2 Å². The maximum atomic E-state index is 11.9. The van der Waals surface area contributed by atoms with Crippen LogP contribution in [0.2, 0.25) is 5.02 Å². The number of carbonyl (C=O) groups excluding carboxylic acids is 1. The van der Waals surface area contributed by atoms with Gasteiger partial charge in [-0.15, -0.1) is 12.4 Å². The standard InChI is InChI=1S/C24H23ClN4O6.ClH/c1-13(2)34-20-7-4-15(10-16(20)11-26)23-28-22(29-35-23)17-5-3-14(9-18(17)25)12-33-24(32)19(27)6-8-21(30)31;/h3-5,7,9-10,13,19H,6,8,12,27H2,1-2H3,(H,30,31);1H. The highest BCUT2D eigenvalue weighted by molar-refractivity contribution is 6.33. The number of hydrogen-bond acceptors (Lipinski definition) is 9. The molecule has 3 rings (SSSR count). The van der Waals surface area contributed by atoms with E-state index in [1.54, 1.807) is 36.4 Å². The molecule has 1 unspecified atom stereocenters. The van der Waals surface area contributed by atoms with Gasteiger partial charge in [-0.3, -0.25) is 9.59 Å². The molecule has 2 aromatic carbocycles. The number of carboxylic acids is 1. The average Bonchev–Trinajstić information content (AvgIpc) is 3.30. The number of rotatable bonds is 10. The van der Waals surface area contributed by atoms with Crippen LogP contribution in [0.5, 0.6) is 5.75 Å². The second-order valence-corrected chi connectivity index (χ2v) is 8.28. The first kappa shape index (κ1) is 28.6. The van der Waals surface area contributed by atoms with Crippen LogP contribution in [0.15, 0.2) is 40.9 Å². The number of nitrogens with two attached hydrogens (primary N) is 1. The lowest BCUT2D eigenvalue weighted by molar-refractivity contribution is -0.147. The number of benzene rings is 2. The van der Waals surface area contributed by atoms with Gasteiger partial charge in [-0.1, -0.05) is 22.8 Å². The Morgan fingerprint density at radius 1 is 1.25 bits per heavy atom. The Morgan fingerprint density at radius 3 is 2.64 bits per heavy atom. The van der Waals surface area contributed by atoms with Crippen LogP contribution in [0.3, 0.4) is 0 Å². The van der Waals surface area contributed by atoms with Crippen LogP contribution in [0.4, 0.5) is 0 Å². The Hall–Kier alpha value is -3.65. The molecule has 1 heterocycles. The molecule has 3 aromatic rings. The Labute approximate surface area is 218 Å². The van der Waals surface area contributed by atoms with Crippen molar-refractivity contribution < 1.29 is 28.7 Å². The third kappa shape index (κ3) is 7.42. The van der Waals surface area contributed by atoms with Crippen molar-refractivity contribution in [3.05, 3.63) is 52.5 Å². The smallest absolute Gasteiger partial charge is 0.323 e. The zero-order valence-electron chi connectivity index (χ0n) is 19.4. The van der Waals surface area contributed by atoms with Crippen molar-refractivity contribution in [1.82, 2.24) is 10.1 Å². The van der Waals surface area contributed by atoms with E-state index in [4.69, 9.17) is 36.4 Å². The van der Waals surface area contributed by atoms with Gasteiger partial charge in [-0.05, 0) is 56.2 Å². The lowest BCUT2D eigenvalue weighted by Gasteiger charge is -2.11. The van der Waals surface area contributed by atoms with E-state index in [0.717, 1.165) is 0 Å². The highest BCUT2D eigenvalue weighted by atomic mass is 35.5. The lowest BCUT2D eigenvalue weighted by atomic mass is 10.1. The lowest BCUT2D eigenvalue weighted by Crippen LogP contribution is -2.32. The molecule has 0 aliphatic rings. The number of carbonyl (C=O) groups is 2. The predicted molar refractivity (Wildman–Crippen MR) is 133 cm³/mol. The maximum absolute atomic E-state index is 11.9. The summed E-state index contributed by atoms with van der Waals surface area (Å²) in [4.78, 5) is 26.9. The van der Waals surface area contributed by atoms with E-state index in [1.165, 1.54) is 0 Å². The number of esters is 1. The summed E-state index contributed by atoms with van der Waals surface area (Å²) in [5.41, 5.74) is 7.63. The zero-order valence-corrected chi connectivity index (χ0v) is 21.0. The molecule has 36 heavy (non-hydrogen) atoms. The molecular formula is C24H24Cl2N4O6. The molecule has 3 N–H and O–H groups in total. The second-order valence-electron chi connectivity index (χ2n) is 7.87. The normalized spacial score (nSPS) is 11.3. The van der Waals surface area contributed by atoms with Gasteiger partial charge in [0.1, 0.15) is 24.5 Å². The fourth-order valence-electron chi connectivity index (χ4n) is 3.05. The molecule has 0 radical (unpaired) electrons. The molecule has 0 amide bonds. The van der Waals surface area contributed by atoms with Crippen molar-refractivity contribution >= 4 is 35.9 Å². The van der Waals surface area contributed by atoms with Crippen LogP contribution in [0.1, 0.15) is 37.8 Å². The number of hydrogen-bond donors (Lipinski definition) is 2. The molecule has 0 fully saturated rings.